The zero-order chi connectivity index (χ0) is 12.8. The Morgan fingerprint density at radius 2 is 2.28 bits per heavy atom. The molecule has 0 aliphatic carbocycles. The molecule has 1 aliphatic heterocycles. The molecule has 0 saturated carbocycles. The van der Waals surface area contributed by atoms with Gasteiger partial charge in [-0.25, -0.2) is 0 Å². The van der Waals surface area contributed by atoms with Crippen LogP contribution in [0.1, 0.15) is 30.4 Å². The highest BCUT2D eigenvalue weighted by molar-refractivity contribution is 7.99. The molecule has 1 aromatic heterocycles. The topological polar surface area (TPSA) is 28.4 Å². The average Bonchev–Trinajstić information content (AvgIpc) is 2.56. The number of furan rings is 1. The van der Waals surface area contributed by atoms with Crippen LogP contribution in [0.2, 0.25) is 0 Å². The molecule has 0 unspecified atom stereocenters. The van der Waals surface area contributed by atoms with Gasteiger partial charge < -0.3 is 9.73 Å². The Hall–Kier alpha value is -0.450. The molecule has 0 spiro atoms. The summed E-state index contributed by atoms with van der Waals surface area (Å²) >= 11 is 2.07. The standard InChI is InChI=1S/C14H24N2OS/c1-3-15-10-13-9-14(17-12(13)2)11-16-5-4-7-18-8-6-16/h9,15H,3-8,10-11H2,1-2H3. The lowest BCUT2D eigenvalue weighted by Crippen LogP contribution is -2.25. The van der Waals surface area contributed by atoms with Gasteiger partial charge in [-0.05, 0) is 38.3 Å². The molecule has 3 nitrogen and oxygen atoms in total. The first-order valence-electron chi connectivity index (χ1n) is 6.88. The zero-order valence-electron chi connectivity index (χ0n) is 11.5. The summed E-state index contributed by atoms with van der Waals surface area (Å²) in [4.78, 5) is 2.51. The molecule has 1 fully saturated rings. The Balaban J connectivity index is 1.91. The van der Waals surface area contributed by atoms with Crippen molar-refractivity contribution in [2.75, 3.05) is 31.1 Å². The SMILES string of the molecule is CCNCc1cc(CN2CCCSCC2)oc1C. The van der Waals surface area contributed by atoms with E-state index >= 15 is 0 Å². The second kappa shape index (κ2) is 7.22. The molecule has 0 bridgehead atoms. The summed E-state index contributed by atoms with van der Waals surface area (Å²) in [5.74, 6) is 4.74. The molecule has 4 heteroatoms. The smallest absolute Gasteiger partial charge is 0.118 e. The van der Waals surface area contributed by atoms with Gasteiger partial charge in [-0.3, -0.25) is 4.90 Å². The van der Waals surface area contributed by atoms with Crippen molar-refractivity contribution >= 4 is 11.8 Å². The highest BCUT2D eigenvalue weighted by Gasteiger charge is 2.13. The van der Waals surface area contributed by atoms with E-state index in [2.05, 4.69) is 41.9 Å². The molecular weight excluding hydrogens is 244 g/mol. The molecule has 1 saturated heterocycles. The van der Waals surface area contributed by atoms with E-state index in [1.165, 1.54) is 36.6 Å². The Kier molecular flexibility index (Phi) is 5.60. The summed E-state index contributed by atoms with van der Waals surface area (Å²) < 4.78 is 5.87. The molecule has 0 atom stereocenters. The van der Waals surface area contributed by atoms with E-state index in [4.69, 9.17) is 4.42 Å². The quantitative estimate of drug-likeness (QED) is 0.888. The van der Waals surface area contributed by atoms with E-state index in [9.17, 15) is 0 Å². The maximum absolute atomic E-state index is 5.87. The van der Waals surface area contributed by atoms with Gasteiger partial charge in [0, 0.05) is 24.4 Å². The molecule has 1 aromatic rings. The minimum atomic E-state index is 0.918. The first-order valence-corrected chi connectivity index (χ1v) is 8.04. The molecule has 1 aliphatic rings. The third-order valence-corrected chi connectivity index (χ3v) is 4.38. The Morgan fingerprint density at radius 3 is 3.11 bits per heavy atom. The fraction of sp³-hybridized carbons (Fsp3) is 0.714. The van der Waals surface area contributed by atoms with E-state index in [1.54, 1.807) is 0 Å². The molecule has 2 rings (SSSR count). The number of thioether (sulfide) groups is 1. The van der Waals surface area contributed by atoms with E-state index in [0.29, 0.717) is 0 Å². The lowest BCUT2D eigenvalue weighted by molar-refractivity contribution is 0.260. The summed E-state index contributed by atoms with van der Waals surface area (Å²) in [7, 11) is 0. The van der Waals surface area contributed by atoms with Crippen LogP contribution in [0, 0.1) is 6.92 Å². The highest BCUT2D eigenvalue weighted by atomic mass is 32.2. The van der Waals surface area contributed by atoms with Crippen molar-refractivity contribution in [1.29, 1.82) is 0 Å². The van der Waals surface area contributed by atoms with Crippen LogP contribution in [0.3, 0.4) is 0 Å². The summed E-state index contributed by atoms with van der Waals surface area (Å²) in [5.41, 5.74) is 1.30. The molecule has 0 radical (unpaired) electrons. The number of rotatable bonds is 5. The van der Waals surface area contributed by atoms with E-state index in [0.717, 1.165) is 31.2 Å². The van der Waals surface area contributed by atoms with Crippen molar-refractivity contribution in [3.05, 3.63) is 23.2 Å². The van der Waals surface area contributed by atoms with Crippen molar-refractivity contribution in [1.82, 2.24) is 10.2 Å². The molecule has 18 heavy (non-hydrogen) atoms. The van der Waals surface area contributed by atoms with Gasteiger partial charge in [0.1, 0.15) is 11.5 Å². The number of aryl methyl sites for hydroxylation is 1. The van der Waals surface area contributed by atoms with Crippen LogP contribution in [-0.4, -0.2) is 36.0 Å². The van der Waals surface area contributed by atoms with Crippen molar-refractivity contribution in [2.45, 2.75) is 33.4 Å². The van der Waals surface area contributed by atoms with Crippen molar-refractivity contribution in [2.24, 2.45) is 0 Å². The summed E-state index contributed by atoms with van der Waals surface area (Å²) in [6.07, 6.45) is 1.30. The molecular formula is C14H24N2OS. The zero-order valence-corrected chi connectivity index (χ0v) is 12.3. The predicted octanol–water partition coefficient (Wildman–Crippen LogP) is 2.64. The van der Waals surface area contributed by atoms with Gasteiger partial charge in [0.15, 0.2) is 0 Å². The fourth-order valence-corrected chi connectivity index (χ4v) is 3.20. The lowest BCUT2D eigenvalue weighted by Gasteiger charge is -2.17. The molecule has 2 heterocycles. The van der Waals surface area contributed by atoms with Crippen LogP contribution < -0.4 is 5.32 Å². The Morgan fingerprint density at radius 1 is 1.39 bits per heavy atom. The maximum Gasteiger partial charge on any atom is 0.118 e. The second-order valence-electron chi connectivity index (χ2n) is 4.82. The fourth-order valence-electron chi connectivity index (χ4n) is 2.28. The van der Waals surface area contributed by atoms with E-state index in [1.807, 2.05) is 0 Å². The number of hydrogen-bond donors (Lipinski definition) is 1. The molecule has 0 amide bonds. The van der Waals surface area contributed by atoms with Gasteiger partial charge in [0.2, 0.25) is 0 Å². The maximum atomic E-state index is 5.87. The monoisotopic (exact) mass is 268 g/mol. The summed E-state index contributed by atoms with van der Waals surface area (Å²) in [6, 6.07) is 2.22. The normalized spacial score (nSPS) is 17.9. The van der Waals surface area contributed by atoms with E-state index < -0.39 is 0 Å². The summed E-state index contributed by atoms with van der Waals surface area (Å²) in [6.45, 7) is 9.47. The van der Waals surface area contributed by atoms with Crippen LogP contribution >= 0.6 is 11.8 Å². The van der Waals surface area contributed by atoms with Crippen LogP contribution in [0.25, 0.3) is 0 Å². The number of hydrogen-bond acceptors (Lipinski definition) is 4. The Bertz CT molecular complexity index is 357. The average molecular weight is 268 g/mol. The van der Waals surface area contributed by atoms with Crippen LogP contribution in [0.5, 0.6) is 0 Å². The predicted molar refractivity (Wildman–Crippen MR) is 78.0 cm³/mol. The first kappa shape index (κ1) is 14.0. The largest absolute Gasteiger partial charge is 0.465 e. The van der Waals surface area contributed by atoms with Crippen LogP contribution in [-0.2, 0) is 13.1 Å². The first-order chi connectivity index (χ1) is 8.79. The molecule has 1 N–H and O–H groups in total. The van der Waals surface area contributed by atoms with Gasteiger partial charge in [-0.2, -0.15) is 11.8 Å². The lowest BCUT2D eigenvalue weighted by atomic mass is 10.2. The van der Waals surface area contributed by atoms with Gasteiger partial charge >= 0.3 is 0 Å². The van der Waals surface area contributed by atoms with Crippen molar-refractivity contribution in [3.63, 3.8) is 0 Å². The number of nitrogens with zero attached hydrogens (tertiary/aromatic N) is 1. The van der Waals surface area contributed by atoms with Crippen molar-refractivity contribution in [3.8, 4) is 0 Å². The third-order valence-electron chi connectivity index (χ3n) is 3.33. The second-order valence-corrected chi connectivity index (χ2v) is 6.04. The minimum Gasteiger partial charge on any atom is -0.465 e. The van der Waals surface area contributed by atoms with Crippen LogP contribution in [0.4, 0.5) is 0 Å². The Labute approximate surface area is 114 Å². The highest BCUT2D eigenvalue weighted by Crippen LogP contribution is 2.18. The molecule has 0 aromatic carbocycles. The van der Waals surface area contributed by atoms with Crippen molar-refractivity contribution < 1.29 is 4.42 Å². The van der Waals surface area contributed by atoms with Gasteiger partial charge in [-0.15, -0.1) is 0 Å². The van der Waals surface area contributed by atoms with Gasteiger partial charge in [0.25, 0.3) is 0 Å². The van der Waals surface area contributed by atoms with Crippen LogP contribution in [0.15, 0.2) is 10.5 Å². The van der Waals surface area contributed by atoms with Gasteiger partial charge in [-0.1, -0.05) is 6.92 Å². The molecule has 102 valence electrons. The minimum absolute atomic E-state index is 0.918. The summed E-state index contributed by atoms with van der Waals surface area (Å²) in [5, 5.41) is 3.36. The van der Waals surface area contributed by atoms with E-state index in [-0.39, 0.29) is 0 Å². The van der Waals surface area contributed by atoms with Gasteiger partial charge in [0.05, 0.1) is 6.54 Å². The number of nitrogens with one attached hydrogen (secondary N) is 1. The third kappa shape index (κ3) is 4.04.